The first-order valence-electron chi connectivity index (χ1n) is 6.59. The molecule has 118 valence electrons. The van der Waals surface area contributed by atoms with Gasteiger partial charge in [-0.1, -0.05) is 22.0 Å². The number of fused-ring (bicyclic) bond motifs is 1. The second-order valence-corrected chi connectivity index (χ2v) is 5.64. The average Bonchev–Trinajstić information content (AvgIpc) is 2.91. The second kappa shape index (κ2) is 6.08. The Labute approximate surface area is 138 Å². The van der Waals surface area contributed by atoms with Crippen LogP contribution in [0.1, 0.15) is 15.9 Å². The van der Waals surface area contributed by atoms with Gasteiger partial charge in [0.25, 0.3) is 0 Å². The summed E-state index contributed by atoms with van der Waals surface area (Å²) in [4.78, 5) is 15.4. The van der Waals surface area contributed by atoms with Crippen LogP contribution in [0.15, 0.2) is 39.2 Å². The molecule has 2 aromatic carbocycles. The van der Waals surface area contributed by atoms with Crippen LogP contribution in [0.5, 0.6) is 5.75 Å². The largest absolute Gasteiger partial charge is 0.436 e. The maximum absolute atomic E-state index is 12.4. The van der Waals surface area contributed by atoms with Gasteiger partial charge in [0, 0.05) is 16.1 Å². The van der Waals surface area contributed by atoms with Crippen LogP contribution < -0.4 is 4.74 Å². The number of hydrogen-bond acceptors (Lipinski definition) is 4. The zero-order valence-corrected chi connectivity index (χ0v) is 13.4. The Kier molecular flexibility index (Phi) is 4.12. The lowest BCUT2D eigenvalue weighted by Crippen LogP contribution is -2.04. The molecule has 0 atom stereocenters. The van der Waals surface area contributed by atoms with Gasteiger partial charge in [-0.2, -0.15) is 8.78 Å². The fourth-order valence-corrected chi connectivity index (χ4v) is 2.58. The fraction of sp³-hybridized carbons (Fsp3) is 0.125. The van der Waals surface area contributed by atoms with Crippen LogP contribution in [0.4, 0.5) is 8.78 Å². The number of benzene rings is 2. The van der Waals surface area contributed by atoms with E-state index in [1.807, 2.05) is 25.1 Å². The van der Waals surface area contributed by atoms with Crippen LogP contribution >= 0.6 is 15.9 Å². The molecule has 3 rings (SSSR count). The molecular weight excluding hydrogens is 372 g/mol. The normalized spacial score (nSPS) is 11.2. The topological polar surface area (TPSA) is 52.3 Å². The summed E-state index contributed by atoms with van der Waals surface area (Å²) >= 11 is 3.43. The summed E-state index contributed by atoms with van der Waals surface area (Å²) < 4.78 is 35.7. The van der Waals surface area contributed by atoms with E-state index in [0.29, 0.717) is 17.7 Å². The minimum Gasteiger partial charge on any atom is -0.436 e. The van der Waals surface area contributed by atoms with E-state index < -0.39 is 6.61 Å². The number of aldehydes is 1. The number of aromatic nitrogens is 1. The molecule has 1 heterocycles. The van der Waals surface area contributed by atoms with Crippen LogP contribution in [0, 0.1) is 6.92 Å². The highest BCUT2D eigenvalue weighted by Crippen LogP contribution is 2.33. The van der Waals surface area contributed by atoms with Crippen molar-refractivity contribution in [2.24, 2.45) is 0 Å². The molecule has 0 fully saturated rings. The minimum atomic E-state index is -3.03. The van der Waals surface area contributed by atoms with E-state index >= 15 is 0 Å². The predicted molar refractivity (Wildman–Crippen MR) is 83.9 cm³/mol. The Bertz CT molecular complexity index is 892. The van der Waals surface area contributed by atoms with Crippen LogP contribution in [0.3, 0.4) is 0 Å². The Hall–Kier alpha value is -2.28. The quantitative estimate of drug-likeness (QED) is 0.598. The van der Waals surface area contributed by atoms with Crippen LogP contribution in [-0.4, -0.2) is 17.9 Å². The highest BCUT2D eigenvalue weighted by molar-refractivity contribution is 9.10. The average molecular weight is 382 g/mol. The summed E-state index contributed by atoms with van der Waals surface area (Å²) in [6.45, 7) is -1.13. The summed E-state index contributed by atoms with van der Waals surface area (Å²) in [5, 5.41) is 0. The summed E-state index contributed by atoms with van der Waals surface area (Å²) in [6, 6.07) is 8.17. The molecule has 0 saturated carbocycles. The van der Waals surface area contributed by atoms with E-state index in [4.69, 9.17) is 4.42 Å². The Balaban J connectivity index is 2.15. The number of rotatable bonds is 4. The van der Waals surface area contributed by atoms with E-state index in [2.05, 4.69) is 25.7 Å². The van der Waals surface area contributed by atoms with Gasteiger partial charge in [-0.15, -0.1) is 0 Å². The van der Waals surface area contributed by atoms with Crippen molar-refractivity contribution in [1.29, 1.82) is 0 Å². The van der Waals surface area contributed by atoms with Gasteiger partial charge < -0.3 is 9.15 Å². The first-order valence-corrected chi connectivity index (χ1v) is 7.39. The number of oxazole rings is 1. The minimum absolute atomic E-state index is 0.0105. The van der Waals surface area contributed by atoms with Gasteiger partial charge in [0.05, 0.1) is 5.56 Å². The highest BCUT2D eigenvalue weighted by Gasteiger charge is 2.16. The zero-order chi connectivity index (χ0) is 16.6. The monoisotopic (exact) mass is 381 g/mol. The molecular formula is C16H10BrF2NO3. The molecule has 0 bridgehead atoms. The molecule has 1 aromatic heterocycles. The maximum atomic E-state index is 12.4. The van der Waals surface area contributed by atoms with Crippen molar-refractivity contribution in [2.45, 2.75) is 13.5 Å². The van der Waals surface area contributed by atoms with Gasteiger partial charge >= 0.3 is 6.61 Å². The standard InChI is InChI=1S/C16H10BrF2NO3/c1-8-10(3-2-4-11(8)17)15-20-12-5-9(7-21)13(23-16(18)19)6-14(12)22-15/h2-7,16H,1H3. The van der Waals surface area contributed by atoms with Crippen molar-refractivity contribution < 1.29 is 22.7 Å². The van der Waals surface area contributed by atoms with Gasteiger partial charge in [0.1, 0.15) is 11.3 Å². The van der Waals surface area contributed by atoms with E-state index in [9.17, 15) is 13.6 Å². The first kappa shape index (κ1) is 15.6. The Morgan fingerprint density at radius 3 is 2.83 bits per heavy atom. The molecule has 0 saturated heterocycles. The molecule has 0 spiro atoms. The lowest BCUT2D eigenvalue weighted by Gasteiger charge is -2.05. The van der Waals surface area contributed by atoms with Gasteiger partial charge in [-0.25, -0.2) is 4.98 Å². The van der Waals surface area contributed by atoms with Crippen molar-refractivity contribution >= 4 is 33.3 Å². The number of ether oxygens (including phenoxy) is 1. The third-order valence-corrected chi connectivity index (χ3v) is 4.22. The van der Waals surface area contributed by atoms with Gasteiger partial charge in [-0.05, 0) is 30.7 Å². The number of nitrogens with zero attached hydrogens (tertiary/aromatic N) is 1. The van der Waals surface area contributed by atoms with Crippen molar-refractivity contribution in [3.63, 3.8) is 0 Å². The number of alkyl halides is 2. The smallest absolute Gasteiger partial charge is 0.387 e. The van der Waals surface area contributed by atoms with Gasteiger partial charge in [0.2, 0.25) is 5.89 Å². The zero-order valence-electron chi connectivity index (χ0n) is 11.8. The number of carbonyl (C=O) groups is 1. The van der Waals surface area contributed by atoms with Gasteiger partial charge in [-0.3, -0.25) is 4.79 Å². The molecule has 3 aromatic rings. The molecule has 4 nitrogen and oxygen atoms in total. The fourth-order valence-electron chi connectivity index (χ4n) is 2.22. The van der Waals surface area contributed by atoms with Crippen LogP contribution in [0.2, 0.25) is 0 Å². The summed E-state index contributed by atoms with van der Waals surface area (Å²) in [5.74, 6) is 0.0982. The molecule has 0 unspecified atom stereocenters. The van der Waals surface area contributed by atoms with E-state index in [-0.39, 0.29) is 16.9 Å². The lowest BCUT2D eigenvalue weighted by atomic mass is 10.1. The third-order valence-electron chi connectivity index (χ3n) is 3.36. The first-order chi connectivity index (χ1) is 11.0. The molecule has 0 N–H and O–H groups in total. The number of hydrogen-bond donors (Lipinski definition) is 0. The highest BCUT2D eigenvalue weighted by atomic mass is 79.9. The SMILES string of the molecule is Cc1c(Br)cccc1-c1nc2cc(C=O)c(OC(F)F)cc2o1. The predicted octanol–water partition coefficient (Wildman–Crippen LogP) is 4.98. The lowest BCUT2D eigenvalue weighted by molar-refractivity contribution is -0.0500. The van der Waals surface area contributed by atoms with Crippen molar-refractivity contribution in [1.82, 2.24) is 4.98 Å². The molecule has 23 heavy (non-hydrogen) atoms. The summed E-state index contributed by atoms with van der Waals surface area (Å²) in [5.41, 5.74) is 2.34. The van der Waals surface area contributed by atoms with Crippen molar-refractivity contribution in [3.8, 4) is 17.2 Å². The van der Waals surface area contributed by atoms with E-state index in [1.54, 1.807) is 0 Å². The van der Waals surface area contributed by atoms with Gasteiger partial charge in [0.15, 0.2) is 11.9 Å². The molecule has 0 aliphatic carbocycles. The van der Waals surface area contributed by atoms with E-state index in [1.165, 1.54) is 12.1 Å². The Morgan fingerprint density at radius 2 is 2.13 bits per heavy atom. The van der Waals surface area contributed by atoms with Crippen LogP contribution in [0.25, 0.3) is 22.6 Å². The van der Waals surface area contributed by atoms with E-state index in [0.717, 1.165) is 15.6 Å². The molecule has 0 radical (unpaired) electrons. The maximum Gasteiger partial charge on any atom is 0.387 e. The summed E-state index contributed by atoms with van der Waals surface area (Å²) in [6.07, 6.45) is 0.440. The number of carbonyl (C=O) groups excluding carboxylic acids is 1. The van der Waals surface area contributed by atoms with Crippen LogP contribution in [-0.2, 0) is 0 Å². The third kappa shape index (κ3) is 2.96. The molecule has 0 aliphatic rings. The summed E-state index contributed by atoms with van der Waals surface area (Å²) in [7, 11) is 0. The molecule has 0 amide bonds. The molecule has 0 aliphatic heterocycles. The second-order valence-electron chi connectivity index (χ2n) is 4.79. The Morgan fingerprint density at radius 1 is 1.35 bits per heavy atom. The van der Waals surface area contributed by atoms with Crippen molar-refractivity contribution in [2.75, 3.05) is 0 Å². The number of halogens is 3. The van der Waals surface area contributed by atoms with Crippen molar-refractivity contribution in [3.05, 3.63) is 45.9 Å². The molecule has 7 heteroatoms.